The fourth-order valence-corrected chi connectivity index (χ4v) is 2.34. The van der Waals surface area contributed by atoms with Crippen LogP contribution in [0.2, 0.25) is 0 Å². The Bertz CT molecular complexity index is 711. The minimum absolute atomic E-state index is 0.0965. The van der Waals surface area contributed by atoms with E-state index in [1.54, 1.807) is 0 Å². The summed E-state index contributed by atoms with van der Waals surface area (Å²) in [5.74, 6) is -4.66. The Balaban J connectivity index is 4.74. The highest BCUT2D eigenvalue weighted by Crippen LogP contribution is 2.00. The summed E-state index contributed by atoms with van der Waals surface area (Å²) in [6, 6.07) is -4.99. The van der Waals surface area contributed by atoms with Crippen LogP contribution in [0.15, 0.2) is 4.99 Å². The number of rotatable bonds is 15. The summed E-state index contributed by atoms with van der Waals surface area (Å²) in [5.41, 5.74) is 21.1. The molecule has 0 saturated heterocycles. The van der Waals surface area contributed by atoms with E-state index in [0.29, 0.717) is 6.42 Å². The van der Waals surface area contributed by atoms with E-state index in [2.05, 4.69) is 20.9 Å². The van der Waals surface area contributed by atoms with Crippen LogP contribution in [0.5, 0.6) is 0 Å². The molecule has 0 radical (unpaired) electrons. The van der Waals surface area contributed by atoms with Crippen LogP contribution < -0.4 is 38.9 Å². The van der Waals surface area contributed by atoms with E-state index in [9.17, 15) is 29.1 Å². The zero-order valence-corrected chi connectivity index (χ0v) is 17.7. The molecular weight excluding hydrogens is 428 g/mol. The molecule has 0 fully saturated rings. The van der Waals surface area contributed by atoms with E-state index in [1.807, 2.05) is 0 Å². The lowest BCUT2D eigenvalue weighted by Gasteiger charge is -2.22. The van der Waals surface area contributed by atoms with Crippen LogP contribution in [0.4, 0.5) is 0 Å². The number of carboxylic acid groups (broad SMARTS) is 1. The monoisotopic (exact) mass is 460 g/mol. The summed E-state index contributed by atoms with van der Waals surface area (Å²) in [7, 11) is 0. The Kier molecular flexibility index (Phi) is 13.0. The van der Waals surface area contributed by atoms with Gasteiger partial charge in [0.2, 0.25) is 23.6 Å². The van der Waals surface area contributed by atoms with Gasteiger partial charge < -0.3 is 49.1 Å². The number of nitrogens with two attached hydrogens (primary N) is 4. The van der Waals surface area contributed by atoms with E-state index in [1.165, 1.54) is 6.92 Å². The molecule has 0 aliphatic carbocycles. The van der Waals surface area contributed by atoms with Crippen LogP contribution in [-0.4, -0.2) is 83.1 Å². The highest BCUT2D eigenvalue weighted by molar-refractivity contribution is 5.94. The second-order valence-electron chi connectivity index (χ2n) is 6.93. The van der Waals surface area contributed by atoms with Crippen molar-refractivity contribution in [2.24, 2.45) is 27.9 Å². The third-order valence-corrected chi connectivity index (χ3v) is 4.17. The maximum Gasteiger partial charge on any atom is 0.326 e. The molecule has 0 heterocycles. The number of aliphatic hydroxyl groups is 1. The average Bonchev–Trinajstić information content (AvgIpc) is 2.70. The van der Waals surface area contributed by atoms with Crippen LogP contribution in [0.25, 0.3) is 0 Å². The van der Waals surface area contributed by atoms with Crippen molar-refractivity contribution in [3.8, 4) is 0 Å². The lowest BCUT2D eigenvalue weighted by Crippen LogP contribution is -2.57. The van der Waals surface area contributed by atoms with Gasteiger partial charge in [-0.3, -0.25) is 24.2 Å². The molecule has 0 aromatic heterocycles. The van der Waals surface area contributed by atoms with Crippen LogP contribution in [0.1, 0.15) is 32.6 Å². The van der Waals surface area contributed by atoms with Gasteiger partial charge in [0.05, 0.1) is 12.6 Å². The SMILES string of the molecule is CC(NC(=O)C(CO)NC(=O)C(N)CCCN=C(N)N)C(=O)NC(CCC(N)=O)C(=O)O. The van der Waals surface area contributed by atoms with Crippen molar-refractivity contribution in [1.29, 1.82) is 0 Å². The number of primary amides is 1. The Morgan fingerprint density at radius 3 is 2.00 bits per heavy atom. The van der Waals surface area contributed by atoms with E-state index in [-0.39, 0.29) is 31.8 Å². The van der Waals surface area contributed by atoms with E-state index in [0.717, 1.165) is 0 Å². The molecule has 0 spiro atoms. The lowest BCUT2D eigenvalue weighted by molar-refractivity contribution is -0.142. The molecule has 32 heavy (non-hydrogen) atoms. The standard InChI is InChI=1S/C17H32N8O7/c1-8(13(28)24-10(16(31)32)4-5-12(19)27)23-15(30)11(7-26)25-14(29)9(18)3-2-6-22-17(20)21/h8-11,26H,2-7,18H2,1H3,(H2,19,27)(H,23,30)(H,24,28)(H,25,29)(H,31,32)(H4,20,21,22). The third kappa shape index (κ3) is 11.7. The smallest absolute Gasteiger partial charge is 0.326 e. The van der Waals surface area contributed by atoms with Crippen LogP contribution >= 0.6 is 0 Å². The summed E-state index contributed by atoms with van der Waals surface area (Å²) in [6.45, 7) is 0.755. The maximum absolute atomic E-state index is 12.3. The predicted molar refractivity (Wildman–Crippen MR) is 113 cm³/mol. The topological polar surface area (TPSA) is 278 Å². The van der Waals surface area contributed by atoms with Crippen molar-refractivity contribution < 1.29 is 34.2 Å². The molecule has 0 rings (SSSR count). The zero-order valence-electron chi connectivity index (χ0n) is 17.7. The van der Waals surface area contributed by atoms with E-state index < -0.39 is 60.4 Å². The molecule has 15 nitrogen and oxygen atoms in total. The number of nitrogens with zero attached hydrogens (tertiary/aromatic N) is 1. The van der Waals surface area contributed by atoms with Crippen molar-refractivity contribution in [2.45, 2.75) is 56.8 Å². The van der Waals surface area contributed by atoms with Crippen LogP contribution in [0, 0.1) is 0 Å². The number of carboxylic acids is 1. The van der Waals surface area contributed by atoms with Gasteiger partial charge in [-0.2, -0.15) is 0 Å². The Labute approximate surface area is 184 Å². The number of aliphatic hydroxyl groups excluding tert-OH is 1. The molecule has 0 aromatic carbocycles. The van der Waals surface area contributed by atoms with Crippen molar-refractivity contribution in [1.82, 2.24) is 16.0 Å². The number of aliphatic imine (C=N–C) groups is 1. The number of amides is 4. The first-order valence-corrected chi connectivity index (χ1v) is 9.73. The van der Waals surface area contributed by atoms with Gasteiger partial charge in [0.1, 0.15) is 18.1 Å². The summed E-state index contributed by atoms with van der Waals surface area (Å²) in [5, 5.41) is 25.2. The molecule has 0 aliphatic rings. The van der Waals surface area contributed by atoms with Crippen molar-refractivity contribution in [3.05, 3.63) is 0 Å². The summed E-state index contributed by atoms with van der Waals surface area (Å²) in [6.07, 6.45) is 0.125. The Hall–Kier alpha value is -3.46. The highest BCUT2D eigenvalue weighted by atomic mass is 16.4. The van der Waals surface area contributed by atoms with E-state index >= 15 is 0 Å². The van der Waals surface area contributed by atoms with Gasteiger partial charge in [0, 0.05) is 13.0 Å². The average molecular weight is 460 g/mol. The molecule has 0 aliphatic heterocycles. The molecule has 0 saturated carbocycles. The molecule has 0 bridgehead atoms. The number of hydrogen-bond acceptors (Lipinski definition) is 8. The van der Waals surface area contributed by atoms with Gasteiger partial charge in [-0.25, -0.2) is 4.79 Å². The van der Waals surface area contributed by atoms with Crippen molar-refractivity contribution >= 4 is 35.6 Å². The Morgan fingerprint density at radius 1 is 0.906 bits per heavy atom. The molecule has 4 amide bonds. The molecule has 0 aromatic rings. The van der Waals surface area contributed by atoms with Crippen LogP contribution in [0.3, 0.4) is 0 Å². The maximum atomic E-state index is 12.3. The second-order valence-corrected chi connectivity index (χ2v) is 6.93. The van der Waals surface area contributed by atoms with Gasteiger partial charge in [-0.1, -0.05) is 0 Å². The summed E-state index contributed by atoms with van der Waals surface area (Å²) >= 11 is 0. The fraction of sp³-hybridized carbons (Fsp3) is 0.647. The molecule has 4 unspecified atom stereocenters. The number of hydrogen-bond donors (Lipinski definition) is 9. The highest BCUT2D eigenvalue weighted by Gasteiger charge is 2.28. The van der Waals surface area contributed by atoms with Gasteiger partial charge in [-0.15, -0.1) is 0 Å². The third-order valence-electron chi connectivity index (χ3n) is 4.17. The molecule has 4 atom stereocenters. The largest absolute Gasteiger partial charge is 0.480 e. The minimum Gasteiger partial charge on any atom is -0.480 e. The second kappa shape index (κ2) is 14.5. The van der Waals surface area contributed by atoms with E-state index in [4.69, 9.17) is 28.0 Å². The first-order chi connectivity index (χ1) is 14.9. The number of aliphatic carboxylic acids is 1. The molecule has 13 N–H and O–H groups in total. The number of guanidine groups is 1. The van der Waals surface area contributed by atoms with Gasteiger partial charge in [-0.05, 0) is 26.2 Å². The minimum atomic E-state index is -1.40. The van der Waals surface area contributed by atoms with Crippen molar-refractivity contribution in [3.63, 3.8) is 0 Å². The first kappa shape index (κ1) is 28.5. The first-order valence-electron chi connectivity index (χ1n) is 9.73. The number of carbonyl (C=O) groups excluding carboxylic acids is 4. The van der Waals surface area contributed by atoms with Crippen LogP contribution in [-0.2, 0) is 24.0 Å². The summed E-state index contributed by atoms with van der Waals surface area (Å²) < 4.78 is 0. The summed E-state index contributed by atoms with van der Waals surface area (Å²) in [4.78, 5) is 62.3. The van der Waals surface area contributed by atoms with Gasteiger partial charge in [0.15, 0.2) is 5.96 Å². The predicted octanol–water partition coefficient (Wildman–Crippen LogP) is -4.82. The van der Waals surface area contributed by atoms with Gasteiger partial charge in [0.25, 0.3) is 0 Å². The van der Waals surface area contributed by atoms with Crippen molar-refractivity contribution in [2.75, 3.05) is 13.2 Å². The zero-order chi connectivity index (χ0) is 24.8. The lowest BCUT2D eigenvalue weighted by atomic mass is 10.1. The molecule has 15 heteroatoms. The molecular formula is C17H32N8O7. The normalized spacial score (nSPS) is 14.2. The number of nitrogens with one attached hydrogen (secondary N) is 3. The quantitative estimate of drug-likeness (QED) is 0.0638. The fourth-order valence-electron chi connectivity index (χ4n) is 2.34. The van der Waals surface area contributed by atoms with Gasteiger partial charge >= 0.3 is 5.97 Å². The Morgan fingerprint density at radius 2 is 1.50 bits per heavy atom. The molecule has 182 valence electrons. The number of carbonyl (C=O) groups is 5.